The summed E-state index contributed by atoms with van der Waals surface area (Å²) in [5.74, 6) is 1.80. The van der Waals surface area contributed by atoms with E-state index in [0.29, 0.717) is 17.5 Å². The van der Waals surface area contributed by atoms with Crippen LogP contribution in [0.2, 0.25) is 0 Å². The Morgan fingerprint density at radius 1 is 0.298 bits per heavy atom. The van der Waals surface area contributed by atoms with Crippen LogP contribution in [0.15, 0.2) is 205 Å². The number of benzene rings is 9. The predicted molar refractivity (Wildman–Crippen MR) is 235 cm³/mol. The molecule has 2 heterocycles. The fourth-order valence-corrected chi connectivity index (χ4v) is 8.16. The molecule has 0 aliphatic rings. The van der Waals surface area contributed by atoms with E-state index >= 15 is 0 Å². The summed E-state index contributed by atoms with van der Waals surface area (Å²) in [7, 11) is 0. The Kier molecular flexibility index (Phi) is 7.78. The summed E-state index contributed by atoms with van der Waals surface area (Å²) in [6.07, 6.45) is 0. The highest BCUT2D eigenvalue weighted by atomic mass is 16.3. The van der Waals surface area contributed by atoms with Gasteiger partial charge in [-0.1, -0.05) is 188 Å². The van der Waals surface area contributed by atoms with Gasteiger partial charge < -0.3 is 4.42 Å². The van der Waals surface area contributed by atoms with E-state index in [9.17, 15) is 0 Å². The molecular weight excluding hydrogens is 695 g/mol. The first kappa shape index (κ1) is 32.7. The average Bonchev–Trinajstić information content (AvgIpc) is 3.68. The molecule has 0 fully saturated rings. The molecule has 0 aliphatic heterocycles. The second-order valence-corrected chi connectivity index (χ2v) is 14.3. The Morgan fingerprint density at radius 3 is 1.42 bits per heavy atom. The van der Waals surface area contributed by atoms with Gasteiger partial charge in [0.05, 0.1) is 0 Å². The van der Waals surface area contributed by atoms with Gasteiger partial charge in [0, 0.05) is 32.8 Å². The summed E-state index contributed by atoms with van der Waals surface area (Å²) >= 11 is 0. The van der Waals surface area contributed by atoms with Gasteiger partial charge >= 0.3 is 0 Å². The molecule has 57 heavy (non-hydrogen) atoms. The third kappa shape index (κ3) is 5.74. The van der Waals surface area contributed by atoms with Crippen LogP contribution in [0.3, 0.4) is 0 Å². The smallest absolute Gasteiger partial charge is 0.164 e. The third-order valence-corrected chi connectivity index (χ3v) is 11.0. The molecule has 0 unspecified atom stereocenters. The molecule has 4 nitrogen and oxygen atoms in total. The number of hydrogen-bond donors (Lipinski definition) is 0. The molecule has 0 radical (unpaired) electrons. The number of furan rings is 1. The fourth-order valence-electron chi connectivity index (χ4n) is 8.16. The first-order valence-corrected chi connectivity index (χ1v) is 19.2. The maximum absolute atomic E-state index is 6.78. The van der Waals surface area contributed by atoms with Crippen molar-refractivity contribution in [2.45, 2.75) is 0 Å². The van der Waals surface area contributed by atoms with Crippen molar-refractivity contribution in [1.29, 1.82) is 0 Å². The van der Waals surface area contributed by atoms with Crippen LogP contribution >= 0.6 is 0 Å². The van der Waals surface area contributed by atoms with Crippen molar-refractivity contribution in [3.05, 3.63) is 200 Å². The van der Waals surface area contributed by atoms with Crippen molar-refractivity contribution in [3.8, 4) is 67.5 Å². The monoisotopic (exact) mass is 727 g/mol. The number of rotatable bonds is 6. The summed E-state index contributed by atoms with van der Waals surface area (Å²) in [6, 6.07) is 69.8. The SMILES string of the molecule is c1ccc(-c2ccc(-c3nc(-c4ccc(-c5ccccc5)cc4)nc(-c4cccc5oc6c7ccccc7c(-c7cccc8ccccc78)cc6c45)n3)cc2)cc1. The Labute approximate surface area is 329 Å². The van der Waals surface area contributed by atoms with Crippen molar-refractivity contribution >= 4 is 43.5 Å². The number of fused-ring (bicyclic) bond motifs is 6. The highest BCUT2D eigenvalue weighted by Crippen LogP contribution is 2.44. The van der Waals surface area contributed by atoms with Gasteiger partial charge in [-0.2, -0.15) is 0 Å². The average molecular weight is 728 g/mol. The van der Waals surface area contributed by atoms with Crippen LogP contribution in [0.25, 0.3) is 111 Å². The van der Waals surface area contributed by atoms with Crippen LogP contribution < -0.4 is 0 Å². The van der Waals surface area contributed by atoms with Gasteiger partial charge in [-0.15, -0.1) is 0 Å². The lowest BCUT2D eigenvalue weighted by Crippen LogP contribution is -2.00. The summed E-state index contributed by atoms with van der Waals surface area (Å²) in [6.45, 7) is 0. The Balaban J connectivity index is 1.13. The van der Waals surface area contributed by atoms with Gasteiger partial charge in [0.15, 0.2) is 17.5 Å². The second kappa shape index (κ2) is 13.6. The zero-order valence-corrected chi connectivity index (χ0v) is 30.8. The van der Waals surface area contributed by atoms with Gasteiger partial charge in [0.2, 0.25) is 0 Å². The first-order chi connectivity index (χ1) is 28.2. The summed E-state index contributed by atoms with van der Waals surface area (Å²) in [5.41, 5.74) is 11.3. The van der Waals surface area contributed by atoms with E-state index < -0.39 is 0 Å². The quantitative estimate of drug-likeness (QED) is 0.171. The molecular formula is C53H33N3O. The van der Waals surface area contributed by atoms with Crippen LogP contribution in [0.4, 0.5) is 0 Å². The molecule has 2 aromatic heterocycles. The van der Waals surface area contributed by atoms with Gasteiger partial charge in [-0.25, -0.2) is 15.0 Å². The van der Waals surface area contributed by atoms with E-state index in [-0.39, 0.29) is 0 Å². The van der Waals surface area contributed by atoms with E-state index in [0.717, 1.165) is 77.2 Å². The Morgan fingerprint density at radius 2 is 0.772 bits per heavy atom. The molecule has 11 rings (SSSR count). The lowest BCUT2D eigenvalue weighted by molar-refractivity contribution is 0.673. The van der Waals surface area contributed by atoms with Crippen LogP contribution in [0, 0.1) is 0 Å². The van der Waals surface area contributed by atoms with Crippen molar-refractivity contribution in [1.82, 2.24) is 15.0 Å². The van der Waals surface area contributed by atoms with Crippen LogP contribution in [0.5, 0.6) is 0 Å². The molecule has 0 bridgehead atoms. The molecule has 0 N–H and O–H groups in total. The lowest BCUT2D eigenvalue weighted by Gasteiger charge is -2.12. The van der Waals surface area contributed by atoms with Gasteiger partial charge in [-0.3, -0.25) is 0 Å². The minimum Gasteiger partial charge on any atom is -0.455 e. The van der Waals surface area contributed by atoms with E-state index in [1.165, 1.54) is 16.3 Å². The zero-order valence-electron chi connectivity index (χ0n) is 30.8. The predicted octanol–water partition coefficient (Wildman–Crippen LogP) is 14.1. The molecule has 266 valence electrons. The van der Waals surface area contributed by atoms with E-state index in [4.69, 9.17) is 19.4 Å². The molecule has 0 saturated heterocycles. The molecule has 4 heteroatoms. The van der Waals surface area contributed by atoms with Crippen molar-refractivity contribution < 1.29 is 4.42 Å². The minimum absolute atomic E-state index is 0.586. The molecule has 0 spiro atoms. The Bertz CT molecular complexity index is 3160. The topological polar surface area (TPSA) is 51.8 Å². The van der Waals surface area contributed by atoms with Crippen LogP contribution in [-0.2, 0) is 0 Å². The summed E-state index contributed by atoms with van der Waals surface area (Å²) in [4.78, 5) is 15.6. The van der Waals surface area contributed by atoms with Crippen molar-refractivity contribution in [2.24, 2.45) is 0 Å². The second-order valence-electron chi connectivity index (χ2n) is 14.3. The molecule has 0 saturated carbocycles. The lowest BCUT2D eigenvalue weighted by atomic mass is 9.91. The summed E-state index contributed by atoms with van der Waals surface area (Å²) in [5, 5.41) is 6.61. The maximum atomic E-state index is 6.78. The fraction of sp³-hybridized carbons (Fsp3) is 0. The molecule has 0 amide bonds. The number of aromatic nitrogens is 3. The number of nitrogens with zero attached hydrogens (tertiary/aromatic N) is 3. The third-order valence-electron chi connectivity index (χ3n) is 11.0. The highest BCUT2D eigenvalue weighted by molar-refractivity contribution is 6.23. The largest absolute Gasteiger partial charge is 0.455 e. The molecule has 11 aromatic rings. The minimum atomic E-state index is 0.586. The van der Waals surface area contributed by atoms with E-state index in [1.807, 2.05) is 24.3 Å². The summed E-state index contributed by atoms with van der Waals surface area (Å²) < 4.78 is 6.78. The van der Waals surface area contributed by atoms with Gasteiger partial charge in [0.1, 0.15) is 11.2 Å². The van der Waals surface area contributed by atoms with Gasteiger partial charge in [-0.05, 0) is 61.7 Å². The normalized spacial score (nSPS) is 11.5. The van der Waals surface area contributed by atoms with E-state index in [2.05, 4.69) is 176 Å². The first-order valence-electron chi connectivity index (χ1n) is 19.2. The van der Waals surface area contributed by atoms with Crippen LogP contribution in [0.1, 0.15) is 0 Å². The maximum Gasteiger partial charge on any atom is 0.164 e. The number of hydrogen-bond acceptors (Lipinski definition) is 4. The Hall–Kier alpha value is -7.69. The van der Waals surface area contributed by atoms with Gasteiger partial charge in [0.25, 0.3) is 0 Å². The zero-order chi connectivity index (χ0) is 37.7. The standard InChI is InChI=1S/C53H33N3O/c1-3-13-34(14-4-1)36-25-29-39(30-26-36)51-54-52(40-31-27-37(28-32-40)35-15-5-2-6-16-35)56-53(55-51)45-23-12-24-48-49(45)47-33-46(43-20-9-10-21-44(43)50(47)57-48)42-22-11-18-38-17-7-8-19-41(38)42/h1-33H. The molecule has 9 aromatic carbocycles. The van der Waals surface area contributed by atoms with Crippen molar-refractivity contribution in [3.63, 3.8) is 0 Å². The molecule has 0 atom stereocenters. The molecule has 0 aliphatic carbocycles. The van der Waals surface area contributed by atoms with Crippen LogP contribution in [-0.4, -0.2) is 15.0 Å². The highest BCUT2D eigenvalue weighted by Gasteiger charge is 2.21. The van der Waals surface area contributed by atoms with E-state index in [1.54, 1.807) is 0 Å². The van der Waals surface area contributed by atoms with Crippen molar-refractivity contribution in [2.75, 3.05) is 0 Å².